The Morgan fingerprint density at radius 2 is 2.36 bits per heavy atom. The number of hydrogen-bond acceptors (Lipinski definition) is 2. The minimum absolute atomic E-state index is 0.476. The maximum atomic E-state index is 5.31. The fraction of sp³-hybridized carbons (Fsp3) is 0.455. The number of rotatable bonds is 2. The van der Waals surface area contributed by atoms with Gasteiger partial charge in [-0.3, -0.25) is 0 Å². The monoisotopic (exact) mass is 255 g/mol. The van der Waals surface area contributed by atoms with Crippen molar-refractivity contribution in [2.45, 2.75) is 19.4 Å². The summed E-state index contributed by atoms with van der Waals surface area (Å²) in [5, 5.41) is 3.45. The fourth-order valence-electron chi connectivity index (χ4n) is 1.57. The standard InChI is InChI=1S/C11H14BrNO/c1-8-2-3-9(6-11(8)12)13-10-4-5-14-7-10/h2-3,6,10,13H,4-5,7H2,1H3. The van der Waals surface area contributed by atoms with Gasteiger partial charge in [-0.05, 0) is 31.0 Å². The van der Waals surface area contributed by atoms with E-state index in [0.717, 1.165) is 29.8 Å². The lowest BCUT2D eigenvalue weighted by molar-refractivity contribution is 0.195. The second-order valence-electron chi connectivity index (χ2n) is 3.67. The van der Waals surface area contributed by atoms with E-state index in [-0.39, 0.29) is 0 Å². The molecular formula is C11H14BrNO. The Hall–Kier alpha value is -0.540. The smallest absolute Gasteiger partial charge is 0.0668 e. The van der Waals surface area contributed by atoms with Crippen LogP contribution in [0.5, 0.6) is 0 Å². The first-order valence-electron chi connectivity index (χ1n) is 4.86. The van der Waals surface area contributed by atoms with Gasteiger partial charge < -0.3 is 10.1 Å². The van der Waals surface area contributed by atoms with Crippen LogP contribution in [0.2, 0.25) is 0 Å². The van der Waals surface area contributed by atoms with Crippen LogP contribution in [-0.4, -0.2) is 19.3 Å². The van der Waals surface area contributed by atoms with Gasteiger partial charge >= 0.3 is 0 Å². The fourth-order valence-corrected chi connectivity index (χ4v) is 1.95. The molecule has 1 heterocycles. The molecule has 1 saturated heterocycles. The summed E-state index contributed by atoms with van der Waals surface area (Å²) in [6, 6.07) is 6.82. The number of hydrogen-bond donors (Lipinski definition) is 1. The molecule has 1 unspecified atom stereocenters. The van der Waals surface area contributed by atoms with E-state index in [4.69, 9.17) is 4.74 Å². The molecule has 2 rings (SSSR count). The Morgan fingerprint density at radius 3 is 3.00 bits per heavy atom. The van der Waals surface area contributed by atoms with Crippen molar-refractivity contribution in [2.24, 2.45) is 0 Å². The Morgan fingerprint density at radius 1 is 1.50 bits per heavy atom. The van der Waals surface area contributed by atoms with Crippen LogP contribution >= 0.6 is 15.9 Å². The van der Waals surface area contributed by atoms with Gasteiger partial charge in [-0.2, -0.15) is 0 Å². The molecule has 14 heavy (non-hydrogen) atoms. The highest BCUT2D eigenvalue weighted by Gasteiger charge is 2.14. The molecule has 1 aromatic rings. The van der Waals surface area contributed by atoms with Crippen molar-refractivity contribution in [2.75, 3.05) is 18.5 Å². The number of aryl methyl sites for hydroxylation is 1. The molecule has 1 aliphatic heterocycles. The van der Waals surface area contributed by atoms with Crippen LogP contribution in [0.1, 0.15) is 12.0 Å². The van der Waals surface area contributed by atoms with Gasteiger partial charge in [0.2, 0.25) is 0 Å². The first-order chi connectivity index (χ1) is 6.75. The van der Waals surface area contributed by atoms with Crippen molar-refractivity contribution < 1.29 is 4.74 Å². The van der Waals surface area contributed by atoms with Crippen LogP contribution in [0.4, 0.5) is 5.69 Å². The zero-order chi connectivity index (χ0) is 9.97. The lowest BCUT2D eigenvalue weighted by Gasteiger charge is -2.12. The normalized spacial score (nSPS) is 21.1. The maximum Gasteiger partial charge on any atom is 0.0668 e. The highest BCUT2D eigenvalue weighted by molar-refractivity contribution is 9.10. The largest absolute Gasteiger partial charge is 0.380 e. The van der Waals surface area contributed by atoms with E-state index in [1.165, 1.54) is 5.56 Å². The quantitative estimate of drug-likeness (QED) is 0.878. The van der Waals surface area contributed by atoms with Gasteiger partial charge in [0, 0.05) is 16.8 Å². The summed E-state index contributed by atoms with van der Waals surface area (Å²) in [4.78, 5) is 0. The van der Waals surface area contributed by atoms with Crippen LogP contribution in [0.25, 0.3) is 0 Å². The van der Waals surface area contributed by atoms with Crippen LogP contribution in [0.15, 0.2) is 22.7 Å². The highest BCUT2D eigenvalue weighted by atomic mass is 79.9. The Kier molecular flexibility index (Phi) is 3.08. The number of anilines is 1. The maximum absolute atomic E-state index is 5.31. The van der Waals surface area contributed by atoms with Gasteiger partial charge in [0.05, 0.1) is 12.6 Å². The molecule has 0 amide bonds. The molecule has 0 radical (unpaired) electrons. The van der Waals surface area contributed by atoms with Gasteiger partial charge in [0.1, 0.15) is 0 Å². The van der Waals surface area contributed by atoms with Gasteiger partial charge in [-0.1, -0.05) is 22.0 Å². The second-order valence-corrected chi connectivity index (χ2v) is 4.52. The summed E-state index contributed by atoms with van der Waals surface area (Å²) in [5.74, 6) is 0. The van der Waals surface area contributed by atoms with Crippen LogP contribution < -0.4 is 5.32 Å². The minimum Gasteiger partial charge on any atom is -0.380 e. The minimum atomic E-state index is 0.476. The van der Waals surface area contributed by atoms with Crippen molar-refractivity contribution >= 4 is 21.6 Å². The molecular weight excluding hydrogens is 242 g/mol. The third-order valence-electron chi connectivity index (χ3n) is 2.47. The molecule has 1 N–H and O–H groups in total. The summed E-state index contributed by atoms with van der Waals surface area (Å²) in [5.41, 5.74) is 2.43. The summed E-state index contributed by atoms with van der Waals surface area (Å²) < 4.78 is 6.46. The molecule has 1 fully saturated rings. The van der Waals surface area contributed by atoms with Crippen LogP contribution in [-0.2, 0) is 4.74 Å². The number of halogens is 1. The predicted molar refractivity (Wildman–Crippen MR) is 61.7 cm³/mol. The first-order valence-corrected chi connectivity index (χ1v) is 5.65. The Bertz CT molecular complexity index is 321. The lowest BCUT2D eigenvalue weighted by Crippen LogP contribution is -2.18. The summed E-state index contributed by atoms with van der Waals surface area (Å²) in [7, 11) is 0. The summed E-state index contributed by atoms with van der Waals surface area (Å²) in [6.45, 7) is 3.79. The second kappa shape index (κ2) is 4.32. The van der Waals surface area contributed by atoms with Crippen LogP contribution in [0.3, 0.4) is 0 Å². The highest BCUT2D eigenvalue weighted by Crippen LogP contribution is 2.22. The molecule has 0 spiro atoms. The van der Waals surface area contributed by atoms with Gasteiger partial charge in [0.15, 0.2) is 0 Å². The molecule has 1 atom stereocenters. The van der Waals surface area contributed by atoms with E-state index in [1.54, 1.807) is 0 Å². The number of nitrogens with one attached hydrogen (secondary N) is 1. The zero-order valence-corrected chi connectivity index (χ0v) is 9.80. The number of benzene rings is 1. The molecule has 3 heteroatoms. The van der Waals surface area contributed by atoms with E-state index in [1.807, 2.05) is 0 Å². The predicted octanol–water partition coefficient (Wildman–Crippen LogP) is 2.96. The zero-order valence-electron chi connectivity index (χ0n) is 8.22. The van der Waals surface area contributed by atoms with Gasteiger partial charge in [-0.15, -0.1) is 0 Å². The van der Waals surface area contributed by atoms with Gasteiger partial charge in [0.25, 0.3) is 0 Å². The third-order valence-corrected chi connectivity index (χ3v) is 3.33. The average molecular weight is 256 g/mol. The first kappa shape index (κ1) is 9.99. The van der Waals surface area contributed by atoms with Gasteiger partial charge in [-0.25, -0.2) is 0 Å². The van der Waals surface area contributed by atoms with E-state index in [2.05, 4.69) is 46.4 Å². The van der Waals surface area contributed by atoms with Crippen molar-refractivity contribution in [3.05, 3.63) is 28.2 Å². The van der Waals surface area contributed by atoms with E-state index < -0.39 is 0 Å². The lowest BCUT2D eigenvalue weighted by atomic mass is 10.2. The van der Waals surface area contributed by atoms with E-state index in [0.29, 0.717) is 6.04 Å². The molecule has 1 aliphatic rings. The van der Waals surface area contributed by atoms with E-state index >= 15 is 0 Å². The summed E-state index contributed by atoms with van der Waals surface area (Å²) >= 11 is 3.52. The molecule has 2 nitrogen and oxygen atoms in total. The van der Waals surface area contributed by atoms with Crippen molar-refractivity contribution in [3.8, 4) is 0 Å². The molecule has 0 aliphatic carbocycles. The number of ether oxygens (including phenoxy) is 1. The van der Waals surface area contributed by atoms with Crippen LogP contribution in [0, 0.1) is 6.92 Å². The Balaban J connectivity index is 2.05. The average Bonchev–Trinajstić information content (AvgIpc) is 2.64. The van der Waals surface area contributed by atoms with Crippen molar-refractivity contribution in [3.63, 3.8) is 0 Å². The SMILES string of the molecule is Cc1ccc(NC2CCOC2)cc1Br. The molecule has 1 aromatic carbocycles. The molecule has 0 aromatic heterocycles. The molecule has 0 saturated carbocycles. The third kappa shape index (κ3) is 2.28. The summed E-state index contributed by atoms with van der Waals surface area (Å²) in [6.07, 6.45) is 1.10. The van der Waals surface area contributed by atoms with E-state index in [9.17, 15) is 0 Å². The Labute approximate surface area is 92.8 Å². The molecule has 76 valence electrons. The molecule has 0 bridgehead atoms. The topological polar surface area (TPSA) is 21.3 Å². The van der Waals surface area contributed by atoms with Crippen molar-refractivity contribution in [1.82, 2.24) is 0 Å². The van der Waals surface area contributed by atoms with Crippen molar-refractivity contribution in [1.29, 1.82) is 0 Å².